The van der Waals surface area contributed by atoms with E-state index in [2.05, 4.69) is 41.2 Å². The SMILES string of the molecule is CCNCc1cnc(-n2nc(C)c(CC)c2C)cn1. The minimum Gasteiger partial charge on any atom is -0.311 e. The first kappa shape index (κ1) is 13.7. The molecule has 2 heterocycles. The van der Waals surface area contributed by atoms with Crippen LogP contribution in [-0.2, 0) is 13.0 Å². The summed E-state index contributed by atoms with van der Waals surface area (Å²) in [5.74, 6) is 0.778. The number of aromatic nitrogens is 4. The molecular formula is C14H21N5. The van der Waals surface area contributed by atoms with Gasteiger partial charge in [-0.1, -0.05) is 13.8 Å². The van der Waals surface area contributed by atoms with E-state index in [0.717, 1.165) is 42.4 Å². The quantitative estimate of drug-likeness (QED) is 0.891. The van der Waals surface area contributed by atoms with Crippen molar-refractivity contribution in [3.8, 4) is 5.82 Å². The van der Waals surface area contributed by atoms with E-state index in [1.807, 2.05) is 11.6 Å². The summed E-state index contributed by atoms with van der Waals surface area (Å²) in [6.07, 6.45) is 4.58. The lowest BCUT2D eigenvalue weighted by Gasteiger charge is -2.05. The molecule has 5 nitrogen and oxygen atoms in total. The molecule has 19 heavy (non-hydrogen) atoms. The van der Waals surface area contributed by atoms with Gasteiger partial charge in [0.05, 0.1) is 23.8 Å². The predicted octanol–water partition coefficient (Wildman–Crippen LogP) is 1.95. The van der Waals surface area contributed by atoms with E-state index in [1.165, 1.54) is 5.56 Å². The van der Waals surface area contributed by atoms with Crippen LogP contribution in [0.25, 0.3) is 5.82 Å². The van der Waals surface area contributed by atoms with Gasteiger partial charge in [0.1, 0.15) is 0 Å². The highest BCUT2D eigenvalue weighted by Crippen LogP contribution is 2.16. The first-order valence-corrected chi connectivity index (χ1v) is 6.74. The topological polar surface area (TPSA) is 55.6 Å². The van der Waals surface area contributed by atoms with E-state index in [1.54, 1.807) is 12.4 Å². The average Bonchev–Trinajstić information content (AvgIpc) is 2.72. The normalized spacial score (nSPS) is 10.9. The highest BCUT2D eigenvalue weighted by molar-refractivity contribution is 5.31. The summed E-state index contributed by atoms with van der Waals surface area (Å²) in [6, 6.07) is 0. The molecule has 102 valence electrons. The molecule has 0 saturated heterocycles. The van der Waals surface area contributed by atoms with Gasteiger partial charge in [0.25, 0.3) is 0 Å². The van der Waals surface area contributed by atoms with Gasteiger partial charge in [0.2, 0.25) is 0 Å². The van der Waals surface area contributed by atoms with Crippen LogP contribution >= 0.6 is 0 Å². The van der Waals surface area contributed by atoms with Crippen molar-refractivity contribution in [1.82, 2.24) is 25.1 Å². The molecule has 0 atom stereocenters. The van der Waals surface area contributed by atoms with Gasteiger partial charge in [-0.2, -0.15) is 5.10 Å². The van der Waals surface area contributed by atoms with Crippen LogP contribution < -0.4 is 5.32 Å². The molecule has 0 amide bonds. The van der Waals surface area contributed by atoms with Gasteiger partial charge < -0.3 is 5.32 Å². The molecule has 2 rings (SSSR count). The number of nitrogens with zero attached hydrogens (tertiary/aromatic N) is 4. The van der Waals surface area contributed by atoms with E-state index >= 15 is 0 Å². The summed E-state index contributed by atoms with van der Waals surface area (Å²) < 4.78 is 1.87. The number of hydrogen-bond donors (Lipinski definition) is 1. The molecule has 0 saturated carbocycles. The second-order valence-corrected chi connectivity index (χ2v) is 4.56. The molecule has 5 heteroatoms. The van der Waals surface area contributed by atoms with E-state index in [9.17, 15) is 0 Å². The smallest absolute Gasteiger partial charge is 0.172 e. The minimum absolute atomic E-state index is 0.751. The van der Waals surface area contributed by atoms with Gasteiger partial charge >= 0.3 is 0 Å². The van der Waals surface area contributed by atoms with Gasteiger partial charge in [0.15, 0.2) is 5.82 Å². The van der Waals surface area contributed by atoms with E-state index in [4.69, 9.17) is 0 Å². The van der Waals surface area contributed by atoms with E-state index < -0.39 is 0 Å². The maximum atomic E-state index is 4.54. The Labute approximate surface area is 114 Å². The number of hydrogen-bond acceptors (Lipinski definition) is 4. The summed E-state index contributed by atoms with van der Waals surface area (Å²) in [6.45, 7) is 10.0. The Bertz CT molecular complexity index is 542. The second kappa shape index (κ2) is 5.93. The predicted molar refractivity (Wildman–Crippen MR) is 75.4 cm³/mol. The molecule has 2 aromatic rings. The maximum Gasteiger partial charge on any atom is 0.172 e. The minimum atomic E-state index is 0.751. The highest BCUT2D eigenvalue weighted by Gasteiger charge is 2.12. The van der Waals surface area contributed by atoms with Crippen LogP contribution in [0.5, 0.6) is 0 Å². The zero-order valence-corrected chi connectivity index (χ0v) is 12.1. The van der Waals surface area contributed by atoms with Gasteiger partial charge in [-0.3, -0.25) is 4.98 Å². The van der Waals surface area contributed by atoms with E-state index in [-0.39, 0.29) is 0 Å². The molecule has 1 N–H and O–H groups in total. The maximum absolute atomic E-state index is 4.54. The molecular weight excluding hydrogens is 238 g/mol. The van der Waals surface area contributed by atoms with Crippen molar-refractivity contribution < 1.29 is 0 Å². The van der Waals surface area contributed by atoms with Crippen molar-refractivity contribution in [2.24, 2.45) is 0 Å². The van der Waals surface area contributed by atoms with Crippen LogP contribution in [0.15, 0.2) is 12.4 Å². The van der Waals surface area contributed by atoms with E-state index in [0.29, 0.717) is 0 Å². The average molecular weight is 259 g/mol. The molecule has 0 bridgehead atoms. The van der Waals surface area contributed by atoms with Crippen molar-refractivity contribution in [3.05, 3.63) is 35.0 Å². The molecule has 0 spiro atoms. The van der Waals surface area contributed by atoms with Crippen molar-refractivity contribution in [2.75, 3.05) is 6.54 Å². The zero-order chi connectivity index (χ0) is 13.8. The van der Waals surface area contributed by atoms with Crippen LogP contribution in [0.2, 0.25) is 0 Å². The summed E-state index contributed by atoms with van der Waals surface area (Å²) in [4.78, 5) is 8.86. The third-order valence-electron chi connectivity index (χ3n) is 3.26. The Hall–Kier alpha value is -1.75. The molecule has 2 aromatic heterocycles. The van der Waals surface area contributed by atoms with Gasteiger partial charge in [-0.05, 0) is 32.4 Å². The lowest BCUT2D eigenvalue weighted by Crippen LogP contribution is -2.13. The monoisotopic (exact) mass is 259 g/mol. The molecule has 0 aromatic carbocycles. The Morgan fingerprint density at radius 2 is 1.95 bits per heavy atom. The van der Waals surface area contributed by atoms with Crippen LogP contribution in [0.4, 0.5) is 0 Å². The fourth-order valence-electron chi connectivity index (χ4n) is 2.21. The van der Waals surface area contributed by atoms with Crippen molar-refractivity contribution in [1.29, 1.82) is 0 Å². The van der Waals surface area contributed by atoms with Crippen LogP contribution in [-0.4, -0.2) is 26.3 Å². The number of aryl methyl sites for hydroxylation is 1. The van der Waals surface area contributed by atoms with Gasteiger partial charge in [0, 0.05) is 12.2 Å². The Morgan fingerprint density at radius 3 is 2.47 bits per heavy atom. The fraction of sp³-hybridized carbons (Fsp3) is 0.500. The summed E-state index contributed by atoms with van der Waals surface area (Å²) in [5.41, 5.74) is 4.45. The summed E-state index contributed by atoms with van der Waals surface area (Å²) in [5, 5.41) is 7.77. The second-order valence-electron chi connectivity index (χ2n) is 4.56. The Balaban J connectivity index is 2.27. The van der Waals surface area contributed by atoms with Gasteiger partial charge in [-0.25, -0.2) is 9.67 Å². The first-order chi connectivity index (χ1) is 9.17. The molecule has 0 radical (unpaired) electrons. The Kier molecular flexibility index (Phi) is 4.27. The van der Waals surface area contributed by atoms with Gasteiger partial charge in [-0.15, -0.1) is 0 Å². The standard InChI is InChI=1S/C14H21N5/c1-5-13-10(3)18-19(11(13)4)14-9-16-12(8-17-14)7-15-6-2/h8-9,15H,5-7H2,1-4H3. The van der Waals surface area contributed by atoms with Crippen molar-refractivity contribution in [3.63, 3.8) is 0 Å². The van der Waals surface area contributed by atoms with Crippen molar-refractivity contribution >= 4 is 0 Å². The molecule has 0 fully saturated rings. The highest BCUT2D eigenvalue weighted by atomic mass is 15.3. The lowest BCUT2D eigenvalue weighted by molar-refractivity contribution is 0.702. The summed E-state index contributed by atoms with van der Waals surface area (Å²) >= 11 is 0. The first-order valence-electron chi connectivity index (χ1n) is 6.74. The number of nitrogens with one attached hydrogen (secondary N) is 1. The third kappa shape index (κ3) is 2.81. The summed E-state index contributed by atoms with van der Waals surface area (Å²) in [7, 11) is 0. The lowest BCUT2D eigenvalue weighted by atomic mass is 10.1. The molecule has 0 aliphatic heterocycles. The molecule has 0 aliphatic rings. The zero-order valence-electron chi connectivity index (χ0n) is 12.1. The molecule has 0 unspecified atom stereocenters. The number of rotatable bonds is 5. The molecule has 0 aliphatic carbocycles. The fourth-order valence-corrected chi connectivity index (χ4v) is 2.21. The third-order valence-corrected chi connectivity index (χ3v) is 3.26. The van der Waals surface area contributed by atoms with Crippen LogP contribution in [0.3, 0.4) is 0 Å². The largest absolute Gasteiger partial charge is 0.311 e. The van der Waals surface area contributed by atoms with Crippen LogP contribution in [0, 0.1) is 13.8 Å². The van der Waals surface area contributed by atoms with Crippen molar-refractivity contribution in [2.45, 2.75) is 40.7 Å². The Morgan fingerprint density at radius 1 is 1.16 bits per heavy atom. The van der Waals surface area contributed by atoms with Crippen LogP contribution in [0.1, 0.15) is 36.5 Å².